The van der Waals surface area contributed by atoms with E-state index < -0.39 is 0 Å². The lowest BCUT2D eigenvalue weighted by Gasteiger charge is -2.46. The van der Waals surface area contributed by atoms with Crippen LogP contribution in [0.2, 0.25) is 10.0 Å². The molecule has 3 aliphatic rings. The van der Waals surface area contributed by atoms with E-state index in [2.05, 4.69) is 74.6 Å². The Morgan fingerprint density at radius 1 is 1.12 bits per heavy atom. The minimum Gasteiger partial charge on any atom is -0.496 e. The summed E-state index contributed by atoms with van der Waals surface area (Å²) in [7, 11) is 1.76. The topological polar surface area (TPSA) is 21.3 Å². The second-order valence-electron chi connectivity index (χ2n) is 9.86. The molecule has 0 aromatic heterocycles. The third kappa shape index (κ3) is 3.83. The van der Waals surface area contributed by atoms with Gasteiger partial charge in [-0.3, -0.25) is 0 Å². The first-order valence-electron chi connectivity index (χ1n) is 11.3. The van der Waals surface area contributed by atoms with E-state index in [4.69, 9.17) is 27.9 Å². The molecule has 2 aromatic carbocycles. The standard InChI is InChI=1S/C28H29Cl2NO/c1-16-15-28(2,3)31-23-9-8-22-26-18(6-5-7-24(26)32-4)13-19(27(22)25(16)23)10-17-11-20(29)14-21(30)12-17/h5-9,11-12,14-15,19,23,25,31H,10,13H2,1-4H3. The number of benzene rings is 2. The Balaban J connectivity index is 1.68. The molecule has 0 saturated carbocycles. The number of halogens is 2. The van der Waals surface area contributed by atoms with Crippen molar-refractivity contribution in [2.45, 2.75) is 45.2 Å². The zero-order valence-electron chi connectivity index (χ0n) is 19.0. The molecule has 0 bridgehead atoms. The van der Waals surface area contributed by atoms with Gasteiger partial charge in [-0.2, -0.15) is 0 Å². The van der Waals surface area contributed by atoms with Gasteiger partial charge in [0.1, 0.15) is 5.75 Å². The van der Waals surface area contributed by atoms with Crippen LogP contribution >= 0.6 is 23.2 Å². The summed E-state index contributed by atoms with van der Waals surface area (Å²) in [6.45, 7) is 6.78. The van der Waals surface area contributed by atoms with Gasteiger partial charge in [0.2, 0.25) is 0 Å². The molecule has 0 fully saturated rings. The molecular formula is C28H29Cl2NO. The minimum atomic E-state index is -0.0199. The molecule has 4 heteroatoms. The van der Waals surface area contributed by atoms with Crippen LogP contribution in [0.15, 0.2) is 65.8 Å². The zero-order valence-corrected chi connectivity index (χ0v) is 20.5. The predicted octanol–water partition coefficient (Wildman–Crippen LogP) is 7.05. The molecule has 2 aromatic rings. The smallest absolute Gasteiger partial charge is 0.126 e. The van der Waals surface area contributed by atoms with E-state index in [1.165, 1.54) is 33.4 Å². The summed E-state index contributed by atoms with van der Waals surface area (Å²) in [4.78, 5) is 0. The van der Waals surface area contributed by atoms with Gasteiger partial charge in [0.25, 0.3) is 0 Å². The van der Waals surface area contributed by atoms with E-state index in [0.29, 0.717) is 21.9 Å². The van der Waals surface area contributed by atoms with Gasteiger partial charge in [0.15, 0.2) is 0 Å². The summed E-state index contributed by atoms with van der Waals surface area (Å²) >= 11 is 12.7. The van der Waals surface area contributed by atoms with Crippen LogP contribution < -0.4 is 10.1 Å². The minimum absolute atomic E-state index is 0.0199. The van der Waals surface area contributed by atoms with Crippen LogP contribution in [0.1, 0.15) is 37.5 Å². The summed E-state index contributed by atoms with van der Waals surface area (Å²) in [6.07, 6.45) is 8.93. The summed E-state index contributed by atoms with van der Waals surface area (Å²) in [5.74, 6) is 1.65. The highest BCUT2D eigenvalue weighted by molar-refractivity contribution is 6.34. The third-order valence-corrected chi connectivity index (χ3v) is 7.44. The van der Waals surface area contributed by atoms with Gasteiger partial charge in [0, 0.05) is 33.1 Å². The van der Waals surface area contributed by atoms with Crippen molar-refractivity contribution in [1.82, 2.24) is 5.32 Å². The zero-order chi connectivity index (χ0) is 22.6. The molecule has 2 nitrogen and oxygen atoms in total. The predicted molar refractivity (Wildman–Crippen MR) is 135 cm³/mol. The quantitative estimate of drug-likeness (QED) is 0.490. The first-order chi connectivity index (χ1) is 15.3. The van der Waals surface area contributed by atoms with Crippen LogP contribution in [0.4, 0.5) is 0 Å². The van der Waals surface area contributed by atoms with Crippen LogP contribution in [-0.4, -0.2) is 18.7 Å². The molecule has 1 aliphatic heterocycles. The molecule has 0 amide bonds. The Bertz CT molecular complexity index is 1150. The van der Waals surface area contributed by atoms with Crippen LogP contribution in [-0.2, 0) is 12.8 Å². The van der Waals surface area contributed by atoms with E-state index in [1.54, 1.807) is 13.2 Å². The highest BCUT2D eigenvalue weighted by atomic mass is 35.5. The van der Waals surface area contributed by atoms with E-state index in [9.17, 15) is 0 Å². The maximum Gasteiger partial charge on any atom is 0.126 e. The first-order valence-corrected chi connectivity index (χ1v) is 12.0. The average molecular weight is 466 g/mol. The van der Waals surface area contributed by atoms with E-state index in [1.807, 2.05) is 0 Å². The van der Waals surface area contributed by atoms with Crippen molar-refractivity contribution < 1.29 is 4.74 Å². The number of ether oxygens (including phenoxy) is 1. The number of hydrogen-bond acceptors (Lipinski definition) is 2. The maximum atomic E-state index is 6.35. The number of nitrogens with one attached hydrogen (secondary N) is 1. The fourth-order valence-corrected chi connectivity index (χ4v) is 6.62. The first kappa shape index (κ1) is 21.8. The maximum absolute atomic E-state index is 6.35. The van der Waals surface area contributed by atoms with Crippen LogP contribution in [0.25, 0.3) is 5.57 Å². The molecule has 0 radical (unpaired) electrons. The van der Waals surface area contributed by atoms with Gasteiger partial charge in [-0.1, -0.05) is 59.1 Å². The van der Waals surface area contributed by atoms with Crippen LogP contribution in [0.5, 0.6) is 5.75 Å². The number of fused-ring (bicyclic) bond motifs is 4. The molecule has 3 atom stereocenters. The number of rotatable bonds is 3. The number of allylic oxidation sites excluding steroid dienone is 2. The normalized spacial score (nSPS) is 25.6. The Morgan fingerprint density at radius 2 is 1.88 bits per heavy atom. The highest BCUT2D eigenvalue weighted by Crippen LogP contribution is 2.50. The molecule has 2 aliphatic carbocycles. The van der Waals surface area contributed by atoms with Crippen molar-refractivity contribution in [2.75, 3.05) is 7.11 Å². The second-order valence-corrected chi connectivity index (χ2v) is 10.7. The van der Waals surface area contributed by atoms with Crippen LogP contribution in [0, 0.1) is 11.8 Å². The lowest BCUT2D eigenvalue weighted by atomic mass is 9.64. The van der Waals surface area contributed by atoms with Gasteiger partial charge >= 0.3 is 0 Å². The van der Waals surface area contributed by atoms with Crippen molar-refractivity contribution >= 4 is 28.8 Å². The second kappa shape index (κ2) is 8.09. The monoisotopic (exact) mass is 465 g/mol. The van der Waals surface area contributed by atoms with Gasteiger partial charge in [0.05, 0.1) is 7.11 Å². The van der Waals surface area contributed by atoms with E-state index in [0.717, 1.165) is 18.6 Å². The van der Waals surface area contributed by atoms with Crippen molar-refractivity contribution in [3.8, 4) is 5.75 Å². The Morgan fingerprint density at radius 3 is 2.59 bits per heavy atom. The molecule has 5 rings (SSSR count). The molecule has 1 heterocycles. The van der Waals surface area contributed by atoms with Crippen molar-refractivity contribution in [2.24, 2.45) is 11.8 Å². The molecule has 0 spiro atoms. The lowest BCUT2D eigenvalue weighted by molar-refractivity contribution is 0.340. The molecule has 32 heavy (non-hydrogen) atoms. The Hall–Kier alpha value is -2.00. The average Bonchev–Trinajstić information content (AvgIpc) is 2.71. The van der Waals surface area contributed by atoms with E-state index in [-0.39, 0.29) is 11.6 Å². The van der Waals surface area contributed by atoms with E-state index >= 15 is 0 Å². The highest BCUT2D eigenvalue weighted by Gasteiger charge is 2.42. The number of methoxy groups -OCH3 is 1. The lowest BCUT2D eigenvalue weighted by Crippen LogP contribution is -2.53. The van der Waals surface area contributed by atoms with Crippen molar-refractivity contribution in [1.29, 1.82) is 0 Å². The molecule has 0 saturated heterocycles. The van der Waals surface area contributed by atoms with Gasteiger partial charge in [-0.05, 0) is 86.1 Å². The van der Waals surface area contributed by atoms with Gasteiger partial charge in [-0.25, -0.2) is 0 Å². The Kier molecular flexibility index (Phi) is 5.52. The number of hydrogen-bond donors (Lipinski definition) is 1. The molecular weight excluding hydrogens is 437 g/mol. The van der Waals surface area contributed by atoms with Gasteiger partial charge in [-0.15, -0.1) is 0 Å². The fraction of sp³-hybridized carbons (Fsp3) is 0.357. The SMILES string of the molecule is COc1cccc2c1C1=C(C(Cc3cc(Cl)cc(Cl)c3)C2)C2C(C)=CC(C)(C)NC2C=C1. The Labute approximate surface area is 201 Å². The largest absolute Gasteiger partial charge is 0.496 e. The summed E-state index contributed by atoms with van der Waals surface area (Å²) in [5.41, 5.74) is 8.01. The van der Waals surface area contributed by atoms with Gasteiger partial charge < -0.3 is 10.1 Å². The van der Waals surface area contributed by atoms with Crippen molar-refractivity contribution in [3.05, 3.63) is 92.5 Å². The molecule has 1 N–H and O–H groups in total. The molecule has 3 unspecified atom stereocenters. The van der Waals surface area contributed by atoms with Crippen LogP contribution in [0.3, 0.4) is 0 Å². The summed E-state index contributed by atoms with van der Waals surface area (Å²) < 4.78 is 5.81. The summed E-state index contributed by atoms with van der Waals surface area (Å²) in [5, 5.41) is 5.23. The van der Waals surface area contributed by atoms with Crippen molar-refractivity contribution in [3.63, 3.8) is 0 Å². The summed E-state index contributed by atoms with van der Waals surface area (Å²) in [6, 6.07) is 12.6. The molecule has 166 valence electrons. The fourth-order valence-electron chi connectivity index (χ4n) is 6.05. The third-order valence-electron chi connectivity index (χ3n) is 7.01.